The zero-order valence-electron chi connectivity index (χ0n) is 19.8. The van der Waals surface area contributed by atoms with E-state index in [1.807, 2.05) is 0 Å². The third kappa shape index (κ3) is 3.82. The van der Waals surface area contributed by atoms with E-state index in [1.165, 1.54) is 6.92 Å². The predicted octanol–water partition coefficient (Wildman–Crippen LogP) is 3.11. The molecule has 0 amide bonds. The lowest BCUT2D eigenvalue weighted by atomic mass is 10.0. The van der Waals surface area contributed by atoms with Gasteiger partial charge in [-0.3, -0.25) is 9.47 Å². The first kappa shape index (κ1) is 23.0. The summed E-state index contributed by atoms with van der Waals surface area (Å²) in [5.41, 5.74) is 2.30. The fourth-order valence-electron chi connectivity index (χ4n) is 4.96. The maximum atomic E-state index is 15.0. The van der Waals surface area contributed by atoms with Gasteiger partial charge in [-0.05, 0) is 31.5 Å². The average Bonchev–Trinajstić information content (AvgIpc) is 3.38. The van der Waals surface area contributed by atoms with E-state index < -0.39 is 18.8 Å². The Labute approximate surface area is 204 Å². The molecule has 190 valence electrons. The SMILES string of the molecule is CNc1nc(N[C@H]2CCN(C3COC3)C[C@H]2F)nn2ccc(-c3ccc4nc(C)n(C(F)F)c4n3)c12. The van der Waals surface area contributed by atoms with Gasteiger partial charge in [0.1, 0.15) is 23.0 Å². The molecule has 2 saturated heterocycles. The molecule has 2 atom stereocenters. The average molecular weight is 502 g/mol. The zero-order chi connectivity index (χ0) is 25.0. The van der Waals surface area contributed by atoms with E-state index in [2.05, 4.69) is 35.6 Å². The van der Waals surface area contributed by atoms with Gasteiger partial charge in [0, 0.05) is 31.9 Å². The number of hydrogen-bond acceptors (Lipinski definition) is 8. The molecule has 36 heavy (non-hydrogen) atoms. The molecule has 6 heterocycles. The van der Waals surface area contributed by atoms with Gasteiger partial charge < -0.3 is 15.4 Å². The summed E-state index contributed by atoms with van der Waals surface area (Å²) in [5.74, 6) is 1.00. The Morgan fingerprint density at radius 3 is 2.67 bits per heavy atom. The number of likely N-dealkylation sites (tertiary alicyclic amines) is 1. The number of aryl methyl sites for hydroxylation is 1. The standard InChI is InChI=1S/C23H26F3N9O/c1-12-28-18-4-3-16(29-21(18)35(12)22(25)26)14-5-8-34-19(14)20(27-2)31-23(32-34)30-17-6-7-33(9-15(17)24)13-10-36-11-13/h3-5,8,13,15,17,22H,6-7,9-11H2,1-2H3,(H2,27,30,31,32)/t15-,17+/m1/s1. The van der Waals surface area contributed by atoms with Gasteiger partial charge in [-0.2, -0.15) is 13.8 Å². The van der Waals surface area contributed by atoms with Crippen LogP contribution in [0.3, 0.4) is 0 Å². The van der Waals surface area contributed by atoms with Crippen molar-refractivity contribution in [3.8, 4) is 11.3 Å². The summed E-state index contributed by atoms with van der Waals surface area (Å²) in [5, 5.41) is 10.8. The lowest BCUT2D eigenvalue weighted by molar-refractivity contribution is -0.0794. The Kier molecular flexibility index (Phi) is 5.67. The number of nitrogens with zero attached hydrogens (tertiary/aromatic N) is 7. The van der Waals surface area contributed by atoms with Crippen LogP contribution in [0, 0.1) is 6.92 Å². The highest BCUT2D eigenvalue weighted by atomic mass is 19.3. The van der Waals surface area contributed by atoms with E-state index in [9.17, 15) is 13.2 Å². The second-order valence-corrected chi connectivity index (χ2v) is 9.14. The third-order valence-corrected chi connectivity index (χ3v) is 6.96. The Hall–Kier alpha value is -3.45. The van der Waals surface area contributed by atoms with Gasteiger partial charge in [0.05, 0.1) is 31.0 Å². The molecule has 0 unspecified atom stereocenters. The highest BCUT2D eigenvalue weighted by molar-refractivity contribution is 5.89. The van der Waals surface area contributed by atoms with Crippen LogP contribution < -0.4 is 10.6 Å². The number of nitrogens with one attached hydrogen (secondary N) is 2. The van der Waals surface area contributed by atoms with E-state index in [0.717, 1.165) is 11.1 Å². The molecule has 2 fully saturated rings. The number of rotatable bonds is 6. The topological polar surface area (TPSA) is 97.4 Å². The number of alkyl halides is 3. The van der Waals surface area contributed by atoms with Crippen LogP contribution in [0.5, 0.6) is 0 Å². The van der Waals surface area contributed by atoms with Crippen molar-refractivity contribution in [3.05, 3.63) is 30.2 Å². The molecule has 0 spiro atoms. The maximum Gasteiger partial charge on any atom is 0.321 e. The molecule has 13 heteroatoms. The van der Waals surface area contributed by atoms with Crippen LogP contribution in [0.1, 0.15) is 18.8 Å². The molecule has 4 aromatic rings. The summed E-state index contributed by atoms with van der Waals surface area (Å²) in [6.45, 7) is 1.24. The Bertz CT molecular complexity index is 1420. The summed E-state index contributed by atoms with van der Waals surface area (Å²) in [7, 11) is 1.73. The van der Waals surface area contributed by atoms with Crippen LogP contribution in [-0.4, -0.2) is 85.6 Å². The lowest BCUT2D eigenvalue weighted by Crippen LogP contribution is -2.57. The number of piperidine rings is 1. The molecule has 2 N–H and O–H groups in total. The molecule has 6 rings (SSSR count). The number of anilines is 2. The summed E-state index contributed by atoms with van der Waals surface area (Å²) in [4.78, 5) is 15.4. The summed E-state index contributed by atoms with van der Waals surface area (Å²) < 4.78 is 49.8. The van der Waals surface area contributed by atoms with Crippen molar-refractivity contribution in [1.82, 2.24) is 34.0 Å². The summed E-state index contributed by atoms with van der Waals surface area (Å²) in [6, 6.07) is 5.12. The minimum absolute atomic E-state index is 0.110. The van der Waals surface area contributed by atoms with Gasteiger partial charge in [-0.1, -0.05) is 0 Å². The molecular weight excluding hydrogens is 475 g/mol. The third-order valence-electron chi connectivity index (χ3n) is 6.96. The second kappa shape index (κ2) is 8.89. The van der Waals surface area contributed by atoms with Gasteiger partial charge in [-0.25, -0.2) is 18.9 Å². The number of pyridine rings is 1. The molecule has 10 nitrogen and oxygen atoms in total. The number of fused-ring (bicyclic) bond motifs is 2. The molecule has 0 radical (unpaired) electrons. The van der Waals surface area contributed by atoms with Gasteiger partial charge in [0.2, 0.25) is 5.95 Å². The van der Waals surface area contributed by atoms with Crippen molar-refractivity contribution >= 4 is 28.4 Å². The number of hydrogen-bond donors (Lipinski definition) is 2. The number of imidazole rings is 1. The first-order chi connectivity index (χ1) is 17.4. The smallest absolute Gasteiger partial charge is 0.321 e. The Balaban J connectivity index is 1.30. The first-order valence-corrected chi connectivity index (χ1v) is 11.9. The van der Waals surface area contributed by atoms with Crippen LogP contribution in [0.15, 0.2) is 24.4 Å². The monoisotopic (exact) mass is 501 g/mol. The van der Waals surface area contributed by atoms with Crippen LogP contribution in [0.2, 0.25) is 0 Å². The van der Waals surface area contributed by atoms with Gasteiger partial charge >= 0.3 is 6.55 Å². The molecule has 4 aromatic heterocycles. The van der Waals surface area contributed by atoms with E-state index >= 15 is 0 Å². The quantitative estimate of drug-likeness (QED) is 0.416. The van der Waals surface area contributed by atoms with Crippen molar-refractivity contribution in [2.24, 2.45) is 0 Å². The fraction of sp³-hybridized carbons (Fsp3) is 0.478. The second-order valence-electron chi connectivity index (χ2n) is 9.14. The van der Waals surface area contributed by atoms with Crippen LogP contribution >= 0.6 is 0 Å². The van der Waals surface area contributed by atoms with Crippen LogP contribution in [-0.2, 0) is 4.74 Å². The Morgan fingerprint density at radius 1 is 1.14 bits per heavy atom. The van der Waals surface area contributed by atoms with Crippen LogP contribution in [0.25, 0.3) is 27.9 Å². The number of aromatic nitrogens is 6. The number of ether oxygens (including phenoxy) is 1. The van der Waals surface area contributed by atoms with E-state index in [4.69, 9.17) is 4.74 Å². The van der Waals surface area contributed by atoms with E-state index in [0.29, 0.717) is 66.3 Å². The van der Waals surface area contributed by atoms with Crippen molar-refractivity contribution in [1.29, 1.82) is 0 Å². The molecule has 0 aromatic carbocycles. The van der Waals surface area contributed by atoms with E-state index in [1.54, 1.807) is 36.0 Å². The van der Waals surface area contributed by atoms with Gasteiger partial charge in [-0.15, -0.1) is 5.10 Å². The molecule has 2 aliphatic heterocycles. The Morgan fingerprint density at radius 2 is 1.97 bits per heavy atom. The van der Waals surface area contributed by atoms with Crippen molar-refractivity contribution in [3.63, 3.8) is 0 Å². The minimum atomic E-state index is -2.75. The van der Waals surface area contributed by atoms with Crippen LogP contribution in [0.4, 0.5) is 24.9 Å². The van der Waals surface area contributed by atoms with E-state index in [-0.39, 0.29) is 11.5 Å². The molecule has 0 saturated carbocycles. The highest BCUT2D eigenvalue weighted by Crippen LogP contribution is 2.32. The molecular formula is C23H26F3N9O. The summed E-state index contributed by atoms with van der Waals surface area (Å²) in [6.07, 6.45) is 1.31. The normalized spacial score (nSPS) is 21.4. The number of halogens is 3. The zero-order valence-corrected chi connectivity index (χ0v) is 19.8. The lowest BCUT2D eigenvalue weighted by Gasteiger charge is -2.42. The first-order valence-electron chi connectivity index (χ1n) is 11.9. The van der Waals surface area contributed by atoms with Crippen molar-refractivity contribution in [2.75, 3.05) is 44.0 Å². The molecule has 0 aliphatic carbocycles. The highest BCUT2D eigenvalue weighted by Gasteiger charge is 2.35. The predicted molar refractivity (Wildman–Crippen MR) is 128 cm³/mol. The maximum absolute atomic E-state index is 15.0. The van der Waals surface area contributed by atoms with Crippen molar-refractivity contribution < 1.29 is 17.9 Å². The largest absolute Gasteiger partial charge is 0.378 e. The fourth-order valence-corrected chi connectivity index (χ4v) is 4.96. The molecule has 0 bridgehead atoms. The van der Waals surface area contributed by atoms with Gasteiger partial charge in [0.15, 0.2) is 11.5 Å². The van der Waals surface area contributed by atoms with Crippen molar-refractivity contribution in [2.45, 2.75) is 38.1 Å². The van der Waals surface area contributed by atoms with Gasteiger partial charge in [0.25, 0.3) is 0 Å². The summed E-state index contributed by atoms with van der Waals surface area (Å²) >= 11 is 0. The molecule has 2 aliphatic rings. The minimum Gasteiger partial charge on any atom is -0.378 e.